The lowest BCUT2D eigenvalue weighted by atomic mass is 9.99. The largest absolute Gasteiger partial charge is 0.370 e. The second-order valence-corrected chi connectivity index (χ2v) is 3.93. The first-order valence-corrected chi connectivity index (χ1v) is 5.68. The highest BCUT2D eigenvalue weighted by molar-refractivity contribution is 5.80. The zero-order valence-corrected chi connectivity index (χ0v) is 9.81. The van der Waals surface area contributed by atoms with Crippen molar-refractivity contribution in [2.24, 2.45) is 11.7 Å². The molecule has 0 aliphatic rings. The smallest absolute Gasteiger partial charge is 0.185 e. The summed E-state index contributed by atoms with van der Waals surface area (Å²) in [5, 5.41) is 9.68. The topological polar surface area (TPSA) is 79.0 Å². The molecule has 0 aromatic rings. The zero-order valence-electron chi connectivity index (χ0n) is 9.81. The third-order valence-corrected chi connectivity index (χ3v) is 2.58. The Morgan fingerprint density at radius 1 is 1.40 bits per heavy atom. The Balaban J connectivity index is 3.31. The van der Waals surface area contributed by atoms with E-state index < -0.39 is 0 Å². The molecule has 1 unspecified atom stereocenters. The number of guanidine groups is 1. The predicted octanol–water partition coefficient (Wildman–Crippen LogP) is 1.65. The summed E-state index contributed by atoms with van der Waals surface area (Å²) < 4.78 is 0. The number of carbonyl (C=O) groups is 1. The predicted molar refractivity (Wildman–Crippen MR) is 62.8 cm³/mol. The van der Waals surface area contributed by atoms with E-state index in [1.165, 1.54) is 0 Å². The van der Waals surface area contributed by atoms with E-state index in [-0.39, 0.29) is 11.9 Å². The monoisotopic (exact) mass is 213 g/mol. The van der Waals surface area contributed by atoms with Crippen molar-refractivity contribution in [3.8, 4) is 0 Å². The fourth-order valence-corrected chi connectivity index (χ4v) is 1.30. The van der Waals surface area contributed by atoms with Crippen molar-refractivity contribution in [3.63, 3.8) is 0 Å². The van der Waals surface area contributed by atoms with E-state index >= 15 is 0 Å². The van der Waals surface area contributed by atoms with Gasteiger partial charge in [0.2, 0.25) is 0 Å². The third-order valence-electron chi connectivity index (χ3n) is 2.58. The maximum absolute atomic E-state index is 11.4. The van der Waals surface area contributed by atoms with Gasteiger partial charge < -0.3 is 11.1 Å². The molecule has 0 bridgehead atoms. The van der Waals surface area contributed by atoms with Crippen molar-refractivity contribution in [1.29, 1.82) is 5.41 Å². The Morgan fingerprint density at radius 3 is 2.60 bits per heavy atom. The van der Waals surface area contributed by atoms with Gasteiger partial charge in [0.05, 0.1) is 0 Å². The average molecular weight is 213 g/mol. The Bertz CT molecular complexity index is 204. The summed E-state index contributed by atoms with van der Waals surface area (Å²) >= 11 is 0. The number of Topliss-reactive ketones (excluding diaryl/α,β-unsaturated/α-hetero) is 1. The minimum atomic E-state index is 0.0191. The summed E-state index contributed by atoms with van der Waals surface area (Å²) in [6, 6.07) is 0. The van der Waals surface area contributed by atoms with Crippen LogP contribution in [0.3, 0.4) is 0 Å². The van der Waals surface area contributed by atoms with Crippen molar-refractivity contribution in [1.82, 2.24) is 5.32 Å². The minimum Gasteiger partial charge on any atom is -0.370 e. The van der Waals surface area contributed by atoms with Crippen LogP contribution in [0.2, 0.25) is 0 Å². The molecular weight excluding hydrogens is 190 g/mol. The lowest BCUT2D eigenvalue weighted by molar-refractivity contribution is -0.122. The molecular formula is C11H23N3O. The highest BCUT2D eigenvalue weighted by Gasteiger charge is 2.09. The van der Waals surface area contributed by atoms with Gasteiger partial charge in [-0.1, -0.05) is 20.3 Å². The number of carbonyl (C=O) groups excluding carboxylic acids is 1. The average Bonchev–Trinajstić information content (AvgIpc) is 2.21. The van der Waals surface area contributed by atoms with Crippen molar-refractivity contribution in [2.45, 2.75) is 46.0 Å². The van der Waals surface area contributed by atoms with E-state index in [0.29, 0.717) is 12.2 Å². The molecule has 4 nitrogen and oxygen atoms in total. The van der Waals surface area contributed by atoms with Crippen LogP contribution in [0.1, 0.15) is 46.0 Å². The van der Waals surface area contributed by atoms with Crippen LogP contribution in [0, 0.1) is 11.3 Å². The first-order valence-electron chi connectivity index (χ1n) is 5.68. The van der Waals surface area contributed by atoms with Gasteiger partial charge in [0.1, 0.15) is 5.78 Å². The fraction of sp³-hybridized carbons (Fsp3) is 0.818. The van der Waals surface area contributed by atoms with E-state index in [1.54, 1.807) is 0 Å². The molecule has 15 heavy (non-hydrogen) atoms. The Morgan fingerprint density at radius 2 is 2.07 bits per heavy atom. The number of hydrogen-bond donors (Lipinski definition) is 3. The molecule has 88 valence electrons. The quantitative estimate of drug-likeness (QED) is 0.326. The molecule has 1 atom stereocenters. The van der Waals surface area contributed by atoms with Gasteiger partial charge in [-0.3, -0.25) is 10.2 Å². The van der Waals surface area contributed by atoms with Gasteiger partial charge in [-0.05, 0) is 19.3 Å². The first-order chi connectivity index (χ1) is 7.07. The lowest BCUT2D eigenvalue weighted by Crippen LogP contribution is -2.30. The molecule has 0 saturated heterocycles. The van der Waals surface area contributed by atoms with Crippen LogP contribution in [-0.4, -0.2) is 18.3 Å². The van der Waals surface area contributed by atoms with Crippen LogP contribution in [0.25, 0.3) is 0 Å². The van der Waals surface area contributed by atoms with Crippen LogP contribution < -0.4 is 11.1 Å². The summed E-state index contributed by atoms with van der Waals surface area (Å²) in [5.74, 6) is 0.600. The molecule has 0 aromatic heterocycles. The molecule has 0 saturated carbocycles. The number of unbranched alkanes of at least 4 members (excludes halogenated alkanes) is 2. The summed E-state index contributed by atoms with van der Waals surface area (Å²) in [6.45, 7) is 4.76. The third kappa shape index (κ3) is 7.97. The van der Waals surface area contributed by atoms with Crippen LogP contribution in [0.5, 0.6) is 0 Å². The van der Waals surface area contributed by atoms with Crippen LogP contribution in [0.15, 0.2) is 0 Å². The van der Waals surface area contributed by atoms with Gasteiger partial charge in [0.25, 0.3) is 0 Å². The fourth-order valence-electron chi connectivity index (χ4n) is 1.30. The summed E-state index contributed by atoms with van der Waals surface area (Å²) in [6.07, 6.45) is 4.55. The first kappa shape index (κ1) is 13.9. The molecule has 0 heterocycles. The minimum absolute atomic E-state index is 0.0191. The van der Waals surface area contributed by atoms with Gasteiger partial charge >= 0.3 is 0 Å². The molecule has 0 aliphatic carbocycles. The van der Waals surface area contributed by atoms with Gasteiger partial charge in [-0.25, -0.2) is 0 Å². The van der Waals surface area contributed by atoms with E-state index in [4.69, 9.17) is 11.1 Å². The number of hydrogen-bond acceptors (Lipinski definition) is 2. The summed E-state index contributed by atoms with van der Waals surface area (Å²) in [5.41, 5.74) is 5.13. The highest BCUT2D eigenvalue weighted by Crippen LogP contribution is 2.09. The lowest BCUT2D eigenvalue weighted by Gasteiger charge is -2.07. The molecule has 0 radical (unpaired) electrons. The number of ketones is 1. The molecule has 0 aliphatic heterocycles. The maximum atomic E-state index is 11.4. The number of rotatable bonds is 8. The van der Waals surface area contributed by atoms with Gasteiger partial charge in [-0.2, -0.15) is 0 Å². The second-order valence-electron chi connectivity index (χ2n) is 3.93. The van der Waals surface area contributed by atoms with Crippen LogP contribution >= 0.6 is 0 Å². The van der Waals surface area contributed by atoms with Crippen molar-refractivity contribution in [3.05, 3.63) is 0 Å². The Kier molecular flexibility index (Phi) is 7.68. The standard InChI is InChI=1S/C11H23N3O/c1-3-9(2)10(15)7-5-4-6-8-14-11(12)13/h9H,3-8H2,1-2H3,(H4,12,13,14). The van der Waals surface area contributed by atoms with Crippen LogP contribution in [0.4, 0.5) is 0 Å². The van der Waals surface area contributed by atoms with Crippen LogP contribution in [-0.2, 0) is 4.79 Å². The van der Waals surface area contributed by atoms with E-state index in [2.05, 4.69) is 5.32 Å². The van der Waals surface area contributed by atoms with Gasteiger partial charge in [0.15, 0.2) is 5.96 Å². The Labute approximate surface area is 92.1 Å². The molecule has 0 rings (SSSR count). The maximum Gasteiger partial charge on any atom is 0.185 e. The van der Waals surface area contributed by atoms with E-state index in [0.717, 1.165) is 32.2 Å². The van der Waals surface area contributed by atoms with Crippen molar-refractivity contribution >= 4 is 11.7 Å². The Hall–Kier alpha value is -1.06. The SMILES string of the molecule is CCC(C)C(=O)CCCCCNC(=N)N. The summed E-state index contributed by atoms with van der Waals surface area (Å²) in [4.78, 5) is 11.4. The zero-order chi connectivity index (χ0) is 11.7. The second kappa shape index (κ2) is 8.26. The normalized spacial score (nSPS) is 12.1. The molecule has 0 amide bonds. The van der Waals surface area contributed by atoms with Gasteiger partial charge in [0, 0.05) is 18.9 Å². The molecule has 0 spiro atoms. The molecule has 0 aromatic carbocycles. The molecule has 4 heteroatoms. The van der Waals surface area contributed by atoms with Crippen molar-refractivity contribution in [2.75, 3.05) is 6.54 Å². The van der Waals surface area contributed by atoms with Gasteiger partial charge in [-0.15, -0.1) is 0 Å². The summed E-state index contributed by atoms with van der Waals surface area (Å²) in [7, 11) is 0. The molecule has 0 fully saturated rings. The van der Waals surface area contributed by atoms with E-state index in [9.17, 15) is 4.79 Å². The highest BCUT2D eigenvalue weighted by atomic mass is 16.1. The van der Waals surface area contributed by atoms with E-state index in [1.807, 2.05) is 13.8 Å². The number of nitrogens with two attached hydrogens (primary N) is 1. The number of nitrogens with one attached hydrogen (secondary N) is 2. The van der Waals surface area contributed by atoms with Crippen molar-refractivity contribution < 1.29 is 4.79 Å². The molecule has 4 N–H and O–H groups in total.